The van der Waals surface area contributed by atoms with Gasteiger partial charge in [0.1, 0.15) is 10.3 Å². The van der Waals surface area contributed by atoms with E-state index in [2.05, 4.69) is 25.9 Å². The van der Waals surface area contributed by atoms with E-state index < -0.39 is 5.91 Å². The number of aromatic amines is 2. The Kier molecular flexibility index (Phi) is 1.91. The SMILES string of the molecule is NC(=O)c1[nH]c(=S)[nH]c1Br. The number of primary amides is 1. The Hall–Kier alpha value is -0.620. The highest BCUT2D eigenvalue weighted by atomic mass is 79.9. The molecule has 10 heavy (non-hydrogen) atoms. The first-order chi connectivity index (χ1) is 4.61. The van der Waals surface area contributed by atoms with Gasteiger partial charge < -0.3 is 15.7 Å². The highest BCUT2D eigenvalue weighted by Gasteiger charge is 2.06. The van der Waals surface area contributed by atoms with Crippen molar-refractivity contribution in [1.29, 1.82) is 0 Å². The molecular weight excluding hydrogens is 218 g/mol. The summed E-state index contributed by atoms with van der Waals surface area (Å²) < 4.78 is 0.866. The van der Waals surface area contributed by atoms with Crippen LogP contribution in [-0.2, 0) is 0 Å². The van der Waals surface area contributed by atoms with Crippen LogP contribution in [0.15, 0.2) is 4.60 Å². The number of carbonyl (C=O) groups is 1. The van der Waals surface area contributed by atoms with Crippen LogP contribution in [0.3, 0.4) is 0 Å². The minimum Gasteiger partial charge on any atom is -0.364 e. The van der Waals surface area contributed by atoms with Gasteiger partial charge in [0, 0.05) is 0 Å². The van der Waals surface area contributed by atoms with E-state index >= 15 is 0 Å². The second-order valence-corrected chi connectivity index (χ2v) is 2.83. The summed E-state index contributed by atoms with van der Waals surface area (Å²) in [7, 11) is 0. The van der Waals surface area contributed by atoms with E-state index in [4.69, 9.17) is 18.0 Å². The highest BCUT2D eigenvalue weighted by molar-refractivity contribution is 9.10. The van der Waals surface area contributed by atoms with E-state index in [0.717, 1.165) is 0 Å². The largest absolute Gasteiger partial charge is 0.364 e. The maximum Gasteiger partial charge on any atom is 0.267 e. The summed E-state index contributed by atoms with van der Waals surface area (Å²) in [5, 5.41) is 0. The molecule has 0 atom stereocenters. The van der Waals surface area contributed by atoms with E-state index in [-0.39, 0.29) is 5.69 Å². The van der Waals surface area contributed by atoms with Crippen molar-refractivity contribution in [2.45, 2.75) is 0 Å². The number of nitrogens with one attached hydrogen (secondary N) is 2. The second kappa shape index (κ2) is 2.55. The molecule has 0 saturated carbocycles. The molecule has 0 aromatic carbocycles. The van der Waals surface area contributed by atoms with E-state index in [1.54, 1.807) is 0 Å². The van der Waals surface area contributed by atoms with Crippen LogP contribution in [0.1, 0.15) is 10.5 Å². The molecule has 0 radical (unpaired) electrons. The molecule has 6 heteroatoms. The van der Waals surface area contributed by atoms with Crippen molar-refractivity contribution in [3.63, 3.8) is 0 Å². The van der Waals surface area contributed by atoms with Crippen LogP contribution < -0.4 is 5.73 Å². The zero-order valence-corrected chi connectivity index (χ0v) is 7.17. The lowest BCUT2D eigenvalue weighted by molar-refractivity contribution is 0.0995. The number of hydrogen-bond donors (Lipinski definition) is 3. The van der Waals surface area contributed by atoms with Gasteiger partial charge in [-0.25, -0.2) is 0 Å². The summed E-state index contributed by atoms with van der Waals surface area (Å²) in [4.78, 5) is 15.8. The molecule has 1 rings (SSSR count). The molecule has 1 aromatic heterocycles. The molecule has 1 aromatic rings. The summed E-state index contributed by atoms with van der Waals surface area (Å²) in [5.74, 6) is -0.542. The Morgan fingerprint density at radius 2 is 2.20 bits per heavy atom. The van der Waals surface area contributed by atoms with E-state index in [1.807, 2.05) is 0 Å². The molecule has 4 nitrogen and oxygen atoms in total. The van der Waals surface area contributed by atoms with Crippen molar-refractivity contribution in [2.75, 3.05) is 0 Å². The molecule has 0 unspecified atom stereocenters. The number of H-pyrrole nitrogens is 2. The van der Waals surface area contributed by atoms with Crippen LogP contribution in [0.2, 0.25) is 0 Å². The number of halogens is 1. The van der Waals surface area contributed by atoms with Gasteiger partial charge in [0.2, 0.25) is 0 Å². The number of carbonyl (C=O) groups excluding carboxylic acids is 1. The third-order valence-corrected chi connectivity index (χ3v) is 1.73. The molecule has 0 fully saturated rings. The normalized spacial score (nSPS) is 9.70. The fourth-order valence-electron chi connectivity index (χ4n) is 0.532. The summed E-state index contributed by atoms with van der Waals surface area (Å²) >= 11 is 7.75. The smallest absolute Gasteiger partial charge is 0.267 e. The van der Waals surface area contributed by atoms with Crippen LogP contribution in [0.4, 0.5) is 0 Å². The maximum atomic E-state index is 10.5. The lowest BCUT2D eigenvalue weighted by Gasteiger charge is -1.86. The average Bonchev–Trinajstić information content (AvgIpc) is 2.10. The monoisotopic (exact) mass is 221 g/mol. The third kappa shape index (κ3) is 1.27. The van der Waals surface area contributed by atoms with Gasteiger partial charge in [-0.1, -0.05) is 0 Å². The Morgan fingerprint density at radius 1 is 1.60 bits per heavy atom. The topological polar surface area (TPSA) is 74.7 Å². The van der Waals surface area contributed by atoms with Gasteiger partial charge >= 0.3 is 0 Å². The second-order valence-electron chi connectivity index (χ2n) is 1.63. The van der Waals surface area contributed by atoms with E-state index in [1.165, 1.54) is 0 Å². The van der Waals surface area contributed by atoms with Gasteiger partial charge in [-0.15, -0.1) is 0 Å². The summed E-state index contributed by atoms with van der Waals surface area (Å²) in [6, 6.07) is 0. The van der Waals surface area contributed by atoms with Crippen LogP contribution in [0.25, 0.3) is 0 Å². The Bertz CT molecular complexity index is 315. The minimum absolute atomic E-state index is 0.269. The number of amides is 1. The lowest BCUT2D eigenvalue weighted by Crippen LogP contribution is -2.11. The Morgan fingerprint density at radius 3 is 2.40 bits per heavy atom. The van der Waals surface area contributed by atoms with Gasteiger partial charge in [-0.05, 0) is 28.1 Å². The maximum absolute atomic E-state index is 10.5. The number of aromatic nitrogens is 2. The zero-order valence-electron chi connectivity index (χ0n) is 4.77. The first-order valence-corrected chi connectivity index (χ1v) is 3.59. The number of nitrogens with two attached hydrogens (primary N) is 1. The third-order valence-electron chi connectivity index (χ3n) is 0.928. The molecule has 0 aliphatic heterocycles. The first-order valence-electron chi connectivity index (χ1n) is 2.39. The molecule has 54 valence electrons. The van der Waals surface area contributed by atoms with Crippen molar-refractivity contribution < 1.29 is 4.79 Å². The van der Waals surface area contributed by atoms with Gasteiger partial charge in [-0.3, -0.25) is 4.79 Å². The van der Waals surface area contributed by atoms with Crippen molar-refractivity contribution >= 4 is 34.1 Å². The molecule has 4 N–H and O–H groups in total. The number of hydrogen-bond acceptors (Lipinski definition) is 2. The summed E-state index contributed by atoms with van der Waals surface area (Å²) in [5.41, 5.74) is 5.23. The molecule has 0 bridgehead atoms. The molecule has 0 aliphatic carbocycles. The predicted octanol–water partition coefficient (Wildman–Crippen LogP) is 0.934. The molecule has 0 spiro atoms. The molecule has 0 saturated heterocycles. The predicted molar refractivity (Wildman–Crippen MR) is 42.2 cm³/mol. The lowest BCUT2D eigenvalue weighted by atomic mass is 10.5. The Labute approximate surface area is 70.0 Å². The highest BCUT2D eigenvalue weighted by Crippen LogP contribution is 2.10. The molecule has 1 amide bonds. The molecule has 0 aliphatic rings. The van der Waals surface area contributed by atoms with E-state index in [9.17, 15) is 4.79 Å². The summed E-state index contributed by atoms with van der Waals surface area (Å²) in [6.07, 6.45) is 0. The zero-order chi connectivity index (χ0) is 7.72. The molecular formula is C4H4BrN3OS. The van der Waals surface area contributed by atoms with Crippen molar-refractivity contribution in [2.24, 2.45) is 5.73 Å². The quantitative estimate of drug-likeness (QED) is 0.618. The van der Waals surface area contributed by atoms with Crippen LogP contribution in [0.5, 0.6) is 0 Å². The van der Waals surface area contributed by atoms with E-state index in [0.29, 0.717) is 9.37 Å². The van der Waals surface area contributed by atoms with Crippen LogP contribution in [-0.4, -0.2) is 15.9 Å². The number of rotatable bonds is 1. The minimum atomic E-state index is -0.542. The average molecular weight is 222 g/mol. The summed E-state index contributed by atoms with van der Waals surface area (Å²) in [6.45, 7) is 0. The fourth-order valence-corrected chi connectivity index (χ4v) is 1.36. The van der Waals surface area contributed by atoms with Gasteiger partial charge in [0.05, 0.1) is 0 Å². The fraction of sp³-hybridized carbons (Fsp3) is 0. The first kappa shape index (κ1) is 7.49. The standard InChI is InChI=1S/C4H4BrN3OS/c5-2-1(3(6)9)7-4(10)8-2/h(H2,6,9)(H2,7,8,10). The Balaban J connectivity index is 3.28. The van der Waals surface area contributed by atoms with Crippen molar-refractivity contribution in [3.05, 3.63) is 15.1 Å². The van der Waals surface area contributed by atoms with Gasteiger partial charge in [0.15, 0.2) is 4.77 Å². The van der Waals surface area contributed by atoms with Gasteiger partial charge in [-0.2, -0.15) is 0 Å². The van der Waals surface area contributed by atoms with Crippen molar-refractivity contribution in [3.8, 4) is 0 Å². The van der Waals surface area contributed by atoms with Crippen LogP contribution >= 0.6 is 28.1 Å². The van der Waals surface area contributed by atoms with Crippen LogP contribution in [0, 0.1) is 4.77 Å². The van der Waals surface area contributed by atoms with Crippen molar-refractivity contribution in [1.82, 2.24) is 9.97 Å². The number of imidazole rings is 1. The van der Waals surface area contributed by atoms with Gasteiger partial charge in [0.25, 0.3) is 5.91 Å². The molecule has 1 heterocycles.